The number of nitrogens with zero attached hydrogens (tertiary/aromatic N) is 4. The predicted molar refractivity (Wildman–Crippen MR) is 164 cm³/mol. The van der Waals surface area contributed by atoms with Gasteiger partial charge in [-0.25, -0.2) is 0 Å². The standard InChI is InChI=1S/C33H33N5O4/c1-22(2)38(25-14-16-26(17-15-25)42-23(3)4)31(39)21-36-18-19-37(24-10-6-5-7-11-24)33(41)28(32(36)40)20-30-27-12-8-9-13-29(27)34-35-30/h5-20,22-23H,21H2,1-4H3,(H,34,35)/b28-20+. The number of ether oxygens (including phenoxy) is 1. The minimum atomic E-state index is -0.598. The van der Waals surface area contributed by atoms with Gasteiger partial charge in [-0.2, -0.15) is 5.10 Å². The third-order valence-electron chi connectivity index (χ3n) is 6.73. The van der Waals surface area contributed by atoms with Crippen LogP contribution in [0.3, 0.4) is 0 Å². The molecule has 3 amide bonds. The fourth-order valence-corrected chi connectivity index (χ4v) is 4.84. The molecule has 0 radical (unpaired) electrons. The Hall–Kier alpha value is -5.18. The average Bonchev–Trinajstić information content (AvgIpc) is 3.34. The molecule has 1 aliphatic heterocycles. The van der Waals surface area contributed by atoms with Gasteiger partial charge in [0.05, 0.1) is 17.3 Å². The summed E-state index contributed by atoms with van der Waals surface area (Å²) in [5.74, 6) is -0.716. The predicted octanol–water partition coefficient (Wildman–Crippen LogP) is 5.52. The number of rotatable bonds is 8. The average molecular weight is 564 g/mol. The number of carbonyl (C=O) groups excluding carboxylic acids is 3. The van der Waals surface area contributed by atoms with Gasteiger partial charge in [-0.3, -0.25) is 24.4 Å². The van der Waals surface area contributed by atoms with E-state index in [9.17, 15) is 14.4 Å². The summed E-state index contributed by atoms with van der Waals surface area (Å²) in [5.41, 5.74) is 2.39. The number of anilines is 2. The van der Waals surface area contributed by atoms with Crippen LogP contribution in [-0.4, -0.2) is 51.5 Å². The third kappa shape index (κ3) is 5.95. The van der Waals surface area contributed by atoms with Crippen LogP contribution in [0.25, 0.3) is 17.0 Å². The molecule has 0 unspecified atom stereocenters. The van der Waals surface area contributed by atoms with Crippen LogP contribution in [0.15, 0.2) is 96.8 Å². The van der Waals surface area contributed by atoms with E-state index in [2.05, 4.69) is 10.2 Å². The zero-order chi connectivity index (χ0) is 29.8. The van der Waals surface area contributed by atoms with Gasteiger partial charge in [0, 0.05) is 35.2 Å². The van der Waals surface area contributed by atoms with Crippen molar-refractivity contribution in [3.63, 3.8) is 0 Å². The Labute approximate surface area is 244 Å². The number of H-pyrrole nitrogens is 1. The monoisotopic (exact) mass is 563 g/mol. The van der Waals surface area contributed by atoms with Crippen LogP contribution in [-0.2, 0) is 14.4 Å². The fraction of sp³-hybridized carbons (Fsp3) is 0.212. The molecule has 0 atom stereocenters. The number of fused-ring (bicyclic) bond motifs is 1. The number of hydrogen-bond acceptors (Lipinski definition) is 5. The van der Waals surface area contributed by atoms with Crippen molar-refractivity contribution >= 4 is 46.1 Å². The first-order valence-corrected chi connectivity index (χ1v) is 13.8. The molecule has 214 valence electrons. The van der Waals surface area contributed by atoms with E-state index < -0.39 is 11.8 Å². The first-order chi connectivity index (χ1) is 20.2. The molecule has 1 aromatic heterocycles. The molecule has 42 heavy (non-hydrogen) atoms. The molecule has 9 nitrogen and oxygen atoms in total. The van der Waals surface area contributed by atoms with Crippen molar-refractivity contribution in [3.05, 3.63) is 103 Å². The number of aromatic nitrogens is 2. The largest absolute Gasteiger partial charge is 0.491 e. The van der Waals surface area contributed by atoms with Crippen LogP contribution >= 0.6 is 0 Å². The van der Waals surface area contributed by atoms with Gasteiger partial charge in [0.1, 0.15) is 17.9 Å². The maximum Gasteiger partial charge on any atom is 0.268 e. The molecular weight excluding hydrogens is 530 g/mol. The molecule has 0 spiro atoms. The smallest absolute Gasteiger partial charge is 0.268 e. The molecular formula is C33H33N5O4. The summed E-state index contributed by atoms with van der Waals surface area (Å²) in [6, 6.07) is 23.6. The number of benzene rings is 3. The summed E-state index contributed by atoms with van der Waals surface area (Å²) >= 11 is 0. The first-order valence-electron chi connectivity index (χ1n) is 13.8. The summed E-state index contributed by atoms with van der Waals surface area (Å²) in [6.45, 7) is 7.44. The Morgan fingerprint density at radius 2 is 1.60 bits per heavy atom. The topological polar surface area (TPSA) is 98.8 Å². The van der Waals surface area contributed by atoms with E-state index in [4.69, 9.17) is 4.74 Å². The van der Waals surface area contributed by atoms with E-state index in [1.165, 1.54) is 28.3 Å². The number of para-hydroxylation sites is 2. The van der Waals surface area contributed by atoms with Crippen LogP contribution in [0.5, 0.6) is 5.75 Å². The van der Waals surface area contributed by atoms with Gasteiger partial charge >= 0.3 is 0 Å². The van der Waals surface area contributed by atoms with E-state index in [1.54, 1.807) is 17.0 Å². The Bertz CT molecular complexity index is 1650. The minimum absolute atomic E-state index is 0.0272. The second-order valence-electron chi connectivity index (χ2n) is 10.5. The van der Waals surface area contributed by atoms with Crippen LogP contribution in [0.2, 0.25) is 0 Å². The summed E-state index contributed by atoms with van der Waals surface area (Å²) in [5, 5.41) is 8.05. The number of hydrogen-bond donors (Lipinski definition) is 1. The van der Waals surface area contributed by atoms with E-state index in [0.717, 1.165) is 10.9 Å². The van der Waals surface area contributed by atoms with E-state index >= 15 is 0 Å². The summed E-state index contributed by atoms with van der Waals surface area (Å²) in [6.07, 6.45) is 4.51. The lowest BCUT2D eigenvalue weighted by Gasteiger charge is -2.29. The third-order valence-corrected chi connectivity index (χ3v) is 6.73. The maximum absolute atomic E-state index is 13.9. The van der Waals surface area contributed by atoms with Crippen molar-refractivity contribution in [3.8, 4) is 5.75 Å². The Balaban J connectivity index is 1.49. The molecule has 4 aromatic rings. The quantitative estimate of drug-likeness (QED) is 0.225. The number of nitrogens with one attached hydrogen (secondary N) is 1. The van der Waals surface area contributed by atoms with Crippen LogP contribution < -0.4 is 14.5 Å². The molecule has 0 bridgehead atoms. The van der Waals surface area contributed by atoms with E-state index in [-0.39, 0.29) is 30.2 Å². The Morgan fingerprint density at radius 3 is 2.29 bits per heavy atom. The lowest BCUT2D eigenvalue weighted by Crippen LogP contribution is -2.44. The number of carbonyl (C=O) groups is 3. The highest BCUT2D eigenvalue weighted by Gasteiger charge is 2.33. The second-order valence-corrected chi connectivity index (χ2v) is 10.5. The summed E-state index contributed by atoms with van der Waals surface area (Å²) in [7, 11) is 0. The number of aromatic amines is 1. The highest BCUT2D eigenvalue weighted by Crippen LogP contribution is 2.26. The van der Waals surface area contributed by atoms with Gasteiger partial charge in [0.2, 0.25) is 5.91 Å². The van der Waals surface area contributed by atoms with Gasteiger partial charge in [-0.1, -0.05) is 36.4 Å². The van der Waals surface area contributed by atoms with E-state index in [1.807, 2.05) is 94.4 Å². The molecule has 0 saturated carbocycles. The van der Waals surface area contributed by atoms with Crippen LogP contribution in [0, 0.1) is 0 Å². The van der Waals surface area contributed by atoms with Gasteiger partial charge in [0.15, 0.2) is 0 Å². The van der Waals surface area contributed by atoms with Crippen molar-refractivity contribution in [2.24, 2.45) is 0 Å². The van der Waals surface area contributed by atoms with Gasteiger partial charge in [-0.15, -0.1) is 0 Å². The highest BCUT2D eigenvalue weighted by molar-refractivity contribution is 6.28. The molecule has 5 rings (SSSR count). The lowest BCUT2D eigenvalue weighted by molar-refractivity contribution is -0.131. The zero-order valence-corrected chi connectivity index (χ0v) is 24.0. The Kier molecular flexibility index (Phi) is 8.19. The maximum atomic E-state index is 13.9. The van der Waals surface area contributed by atoms with Gasteiger partial charge in [-0.05, 0) is 76.2 Å². The normalized spacial score (nSPS) is 14.8. The number of amides is 3. The molecule has 3 aromatic carbocycles. The highest BCUT2D eigenvalue weighted by atomic mass is 16.5. The molecule has 1 N–H and O–H groups in total. The van der Waals surface area contributed by atoms with Crippen molar-refractivity contribution < 1.29 is 19.1 Å². The molecule has 2 heterocycles. The zero-order valence-electron chi connectivity index (χ0n) is 24.0. The van der Waals surface area contributed by atoms with Crippen molar-refractivity contribution in [2.45, 2.75) is 39.8 Å². The molecule has 0 fully saturated rings. The summed E-state index contributed by atoms with van der Waals surface area (Å²) in [4.78, 5) is 45.8. The Morgan fingerprint density at radius 1 is 0.905 bits per heavy atom. The first kappa shape index (κ1) is 28.4. The molecule has 1 aliphatic rings. The van der Waals surface area contributed by atoms with Crippen LogP contribution in [0.4, 0.5) is 11.4 Å². The van der Waals surface area contributed by atoms with Crippen molar-refractivity contribution in [1.82, 2.24) is 15.1 Å². The van der Waals surface area contributed by atoms with Gasteiger partial charge < -0.3 is 14.5 Å². The second kappa shape index (κ2) is 12.1. The van der Waals surface area contributed by atoms with Crippen LogP contribution in [0.1, 0.15) is 33.4 Å². The minimum Gasteiger partial charge on any atom is -0.491 e. The fourth-order valence-electron chi connectivity index (χ4n) is 4.84. The van der Waals surface area contributed by atoms with Crippen molar-refractivity contribution in [2.75, 3.05) is 16.3 Å². The van der Waals surface area contributed by atoms with E-state index in [0.29, 0.717) is 22.8 Å². The lowest BCUT2D eigenvalue weighted by atomic mass is 10.1. The van der Waals surface area contributed by atoms with Gasteiger partial charge in [0.25, 0.3) is 11.8 Å². The molecule has 9 heteroatoms. The SMILES string of the molecule is CC(C)Oc1ccc(N(C(=O)CN2C=CN(c3ccccc3)C(=O)/C(=C/c3n[nH]c4ccccc34)C2=O)C(C)C)cc1. The molecule has 0 saturated heterocycles. The van der Waals surface area contributed by atoms with Crippen molar-refractivity contribution in [1.29, 1.82) is 0 Å². The molecule has 0 aliphatic carbocycles. The summed E-state index contributed by atoms with van der Waals surface area (Å²) < 4.78 is 5.74.